The number of carbonyl (C=O) groups is 2. The smallest absolute Gasteiger partial charge is 0.254 e. The molecular weight excluding hydrogens is 246 g/mol. The number of hydrogen-bond donors (Lipinski definition) is 3. The molecule has 0 radical (unpaired) electrons. The summed E-state index contributed by atoms with van der Waals surface area (Å²) in [6.45, 7) is 1.28. The van der Waals surface area contributed by atoms with Crippen LogP contribution >= 0.6 is 0 Å². The summed E-state index contributed by atoms with van der Waals surface area (Å²) in [5, 5.41) is 11.6. The van der Waals surface area contributed by atoms with Crippen LogP contribution in [0.4, 0.5) is 8.78 Å². The van der Waals surface area contributed by atoms with Gasteiger partial charge in [-0.25, -0.2) is 8.78 Å². The molecule has 0 aliphatic carbocycles. The van der Waals surface area contributed by atoms with Crippen LogP contribution in [0.15, 0.2) is 18.2 Å². The predicted molar refractivity (Wildman–Crippen MR) is 58.1 cm³/mol. The number of nitrogens with two attached hydrogens (primary N) is 1. The SMILES string of the molecule is C[C@H](NC(=O)C(O)c1c(F)cccc1F)C(N)=O. The van der Waals surface area contributed by atoms with Crippen molar-refractivity contribution in [3.63, 3.8) is 0 Å². The van der Waals surface area contributed by atoms with Crippen LogP contribution < -0.4 is 11.1 Å². The number of nitrogens with one attached hydrogen (secondary N) is 1. The first kappa shape index (κ1) is 14.0. The Morgan fingerprint density at radius 2 is 1.83 bits per heavy atom. The predicted octanol–water partition coefficient (Wildman–Crippen LogP) is -0.0118. The molecule has 0 fully saturated rings. The number of carbonyl (C=O) groups excluding carboxylic acids is 2. The molecule has 2 atom stereocenters. The van der Waals surface area contributed by atoms with Crippen molar-refractivity contribution in [2.75, 3.05) is 0 Å². The average molecular weight is 258 g/mol. The first-order valence-corrected chi connectivity index (χ1v) is 5.06. The average Bonchev–Trinajstić information content (AvgIpc) is 2.28. The van der Waals surface area contributed by atoms with Gasteiger partial charge in [0.25, 0.3) is 5.91 Å². The van der Waals surface area contributed by atoms with Crippen molar-refractivity contribution < 1.29 is 23.5 Å². The van der Waals surface area contributed by atoms with Gasteiger partial charge in [-0.2, -0.15) is 0 Å². The minimum Gasteiger partial charge on any atom is -0.378 e. The lowest BCUT2D eigenvalue weighted by Crippen LogP contribution is -2.44. The van der Waals surface area contributed by atoms with Crippen LogP contribution in [0.5, 0.6) is 0 Å². The highest BCUT2D eigenvalue weighted by molar-refractivity contribution is 5.88. The molecule has 0 saturated heterocycles. The van der Waals surface area contributed by atoms with E-state index in [4.69, 9.17) is 5.73 Å². The maximum atomic E-state index is 13.3. The minimum absolute atomic E-state index is 0.772. The van der Waals surface area contributed by atoms with Crippen molar-refractivity contribution in [2.45, 2.75) is 19.1 Å². The number of rotatable bonds is 4. The van der Waals surface area contributed by atoms with Crippen molar-refractivity contribution in [1.29, 1.82) is 0 Å². The number of hydrogen-bond acceptors (Lipinski definition) is 3. The van der Waals surface area contributed by atoms with Crippen LogP contribution in [0.25, 0.3) is 0 Å². The molecule has 98 valence electrons. The molecular formula is C11H12F2N2O3. The van der Waals surface area contributed by atoms with Gasteiger partial charge in [0.15, 0.2) is 6.10 Å². The molecule has 0 spiro atoms. The number of primary amides is 1. The summed E-state index contributed by atoms with van der Waals surface area (Å²) in [5.41, 5.74) is 4.13. The second kappa shape index (κ2) is 5.54. The Hall–Kier alpha value is -2.02. The fraction of sp³-hybridized carbons (Fsp3) is 0.273. The van der Waals surface area contributed by atoms with Crippen molar-refractivity contribution in [2.24, 2.45) is 5.73 Å². The summed E-state index contributed by atoms with van der Waals surface area (Å²) in [6.07, 6.45) is -2.05. The van der Waals surface area contributed by atoms with Gasteiger partial charge in [-0.1, -0.05) is 6.07 Å². The van der Waals surface area contributed by atoms with Gasteiger partial charge in [-0.3, -0.25) is 9.59 Å². The third-order valence-corrected chi connectivity index (χ3v) is 2.31. The lowest BCUT2D eigenvalue weighted by atomic mass is 10.1. The summed E-state index contributed by atoms with van der Waals surface area (Å²) in [5.74, 6) is -4.04. The molecule has 18 heavy (non-hydrogen) atoms. The molecule has 1 unspecified atom stereocenters. The van der Waals surface area contributed by atoms with E-state index in [-0.39, 0.29) is 0 Å². The normalized spacial score (nSPS) is 13.8. The molecule has 1 aromatic carbocycles. The van der Waals surface area contributed by atoms with Gasteiger partial charge < -0.3 is 16.2 Å². The lowest BCUT2D eigenvalue weighted by Gasteiger charge is -2.15. The Balaban J connectivity index is 2.90. The Labute approximate surface area is 102 Å². The number of halogens is 2. The topological polar surface area (TPSA) is 92.4 Å². The van der Waals surface area contributed by atoms with E-state index < -0.39 is 41.2 Å². The molecule has 7 heteroatoms. The third kappa shape index (κ3) is 3.01. The van der Waals surface area contributed by atoms with Gasteiger partial charge in [-0.05, 0) is 19.1 Å². The fourth-order valence-electron chi connectivity index (χ4n) is 1.27. The molecule has 1 rings (SSSR count). The Kier molecular flexibility index (Phi) is 4.33. The van der Waals surface area contributed by atoms with E-state index in [0.717, 1.165) is 18.2 Å². The summed E-state index contributed by atoms with van der Waals surface area (Å²) >= 11 is 0. The van der Waals surface area contributed by atoms with Gasteiger partial charge in [0.1, 0.15) is 17.7 Å². The quantitative estimate of drug-likeness (QED) is 0.709. The molecule has 1 aromatic rings. The summed E-state index contributed by atoms with van der Waals surface area (Å²) in [6, 6.07) is 1.87. The summed E-state index contributed by atoms with van der Waals surface area (Å²) in [4.78, 5) is 22.2. The van der Waals surface area contributed by atoms with Crippen molar-refractivity contribution in [3.8, 4) is 0 Å². The molecule has 0 heterocycles. The zero-order chi connectivity index (χ0) is 13.9. The van der Waals surface area contributed by atoms with E-state index in [9.17, 15) is 23.5 Å². The standard InChI is InChI=1S/C11H12F2N2O3/c1-5(10(14)17)15-11(18)9(16)8-6(12)3-2-4-7(8)13/h2-5,9,16H,1H3,(H2,14,17)(H,15,18)/t5-,9?/m0/s1. The second-order valence-electron chi connectivity index (χ2n) is 3.67. The first-order valence-electron chi connectivity index (χ1n) is 5.06. The minimum atomic E-state index is -2.05. The molecule has 0 aliphatic rings. The van der Waals surface area contributed by atoms with Crippen molar-refractivity contribution in [3.05, 3.63) is 35.4 Å². The van der Waals surface area contributed by atoms with Crippen molar-refractivity contribution >= 4 is 11.8 Å². The summed E-state index contributed by atoms with van der Waals surface area (Å²) in [7, 11) is 0. The van der Waals surface area contributed by atoms with E-state index in [2.05, 4.69) is 0 Å². The van der Waals surface area contributed by atoms with E-state index in [1.165, 1.54) is 6.92 Å². The number of amides is 2. The van der Waals surface area contributed by atoms with Gasteiger partial charge in [0.05, 0.1) is 5.56 Å². The summed E-state index contributed by atoms with van der Waals surface area (Å²) < 4.78 is 26.6. The zero-order valence-corrected chi connectivity index (χ0v) is 9.48. The highest BCUT2D eigenvalue weighted by Gasteiger charge is 2.26. The fourth-order valence-corrected chi connectivity index (χ4v) is 1.27. The third-order valence-electron chi connectivity index (χ3n) is 2.31. The van der Waals surface area contributed by atoms with Gasteiger partial charge in [0.2, 0.25) is 5.91 Å². The Morgan fingerprint density at radius 1 is 1.33 bits per heavy atom. The van der Waals surface area contributed by atoms with E-state index in [0.29, 0.717) is 0 Å². The number of aliphatic hydroxyl groups excluding tert-OH is 1. The molecule has 0 bridgehead atoms. The van der Waals surface area contributed by atoms with Crippen molar-refractivity contribution in [1.82, 2.24) is 5.32 Å². The molecule has 0 aliphatic heterocycles. The van der Waals surface area contributed by atoms with Crippen LogP contribution in [0, 0.1) is 11.6 Å². The molecule has 5 nitrogen and oxygen atoms in total. The van der Waals surface area contributed by atoms with Crippen LogP contribution in [0.3, 0.4) is 0 Å². The van der Waals surface area contributed by atoms with Gasteiger partial charge >= 0.3 is 0 Å². The zero-order valence-electron chi connectivity index (χ0n) is 9.48. The lowest BCUT2D eigenvalue weighted by molar-refractivity contribution is -0.133. The molecule has 2 amide bonds. The largest absolute Gasteiger partial charge is 0.378 e. The molecule has 0 saturated carbocycles. The van der Waals surface area contributed by atoms with E-state index in [1.54, 1.807) is 0 Å². The van der Waals surface area contributed by atoms with E-state index in [1.807, 2.05) is 5.32 Å². The highest BCUT2D eigenvalue weighted by atomic mass is 19.1. The Morgan fingerprint density at radius 3 is 2.28 bits per heavy atom. The Bertz CT molecular complexity index is 459. The van der Waals surface area contributed by atoms with Crippen LogP contribution in [0.2, 0.25) is 0 Å². The second-order valence-corrected chi connectivity index (χ2v) is 3.67. The van der Waals surface area contributed by atoms with Gasteiger partial charge in [0, 0.05) is 0 Å². The molecule has 4 N–H and O–H groups in total. The highest BCUT2D eigenvalue weighted by Crippen LogP contribution is 2.20. The van der Waals surface area contributed by atoms with Crippen LogP contribution in [0.1, 0.15) is 18.6 Å². The monoisotopic (exact) mass is 258 g/mol. The van der Waals surface area contributed by atoms with Crippen LogP contribution in [-0.2, 0) is 9.59 Å². The number of benzene rings is 1. The van der Waals surface area contributed by atoms with E-state index >= 15 is 0 Å². The number of aliphatic hydroxyl groups is 1. The first-order chi connectivity index (χ1) is 8.34. The van der Waals surface area contributed by atoms with Crippen LogP contribution in [-0.4, -0.2) is 23.0 Å². The van der Waals surface area contributed by atoms with Gasteiger partial charge in [-0.15, -0.1) is 0 Å². The molecule has 0 aromatic heterocycles. The maximum absolute atomic E-state index is 13.3. The maximum Gasteiger partial charge on any atom is 0.254 e.